The molecule has 0 aliphatic carbocycles. The highest BCUT2D eigenvalue weighted by Gasteiger charge is 2.06. The highest BCUT2D eigenvalue weighted by atomic mass is 19.1. The summed E-state index contributed by atoms with van der Waals surface area (Å²) in [5.74, 6) is 1.10. The van der Waals surface area contributed by atoms with Gasteiger partial charge >= 0.3 is 0 Å². The standard InChI is InChI=1S/C14H13FO2/c15-9-12-7-6-11(10-16)8-14(12)17-13-4-2-1-3-5-13/h1-8,16H,9-10H2. The lowest BCUT2D eigenvalue weighted by Crippen LogP contribution is -1.92. The number of para-hydroxylation sites is 1. The fraction of sp³-hybridized carbons (Fsp3) is 0.143. The van der Waals surface area contributed by atoms with Crippen LogP contribution in [-0.4, -0.2) is 5.11 Å². The van der Waals surface area contributed by atoms with E-state index in [2.05, 4.69) is 0 Å². The summed E-state index contributed by atoms with van der Waals surface area (Å²) in [5, 5.41) is 9.04. The summed E-state index contributed by atoms with van der Waals surface area (Å²) in [6, 6.07) is 14.1. The maximum atomic E-state index is 12.8. The molecule has 0 bridgehead atoms. The molecule has 0 radical (unpaired) electrons. The molecule has 0 saturated carbocycles. The third kappa shape index (κ3) is 2.82. The second-order valence-electron chi connectivity index (χ2n) is 3.65. The van der Waals surface area contributed by atoms with Gasteiger partial charge in [0, 0.05) is 5.56 Å². The van der Waals surface area contributed by atoms with Gasteiger partial charge in [0.2, 0.25) is 0 Å². The van der Waals surface area contributed by atoms with Crippen LogP contribution in [0, 0.1) is 0 Å². The first-order chi connectivity index (χ1) is 8.33. The molecule has 1 N–H and O–H groups in total. The molecule has 0 aliphatic rings. The van der Waals surface area contributed by atoms with E-state index in [1.165, 1.54) is 0 Å². The largest absolute Gasteiger partial charge is 0.457 e. The zero-order valence-corrected chi connectivity index (χ0v) is 9.27. The van der Waals surface area contributed by atoms with Gasteiger partial charge in [-0.3, -0.25) is 0 Å². The van der Waals surface area contributed by atoms with Gasteiger partial charge in [-0.05, 0) is 23.8 Å². The average molecular weight is 232 g/mol. The first kappa shape index (κ1) is 11.6. The molecule has 0 spiro atoms. The number of benzene rings is 2. The summed E-state index contributed by atoms with van der Waals surface area (Å²) in [7, 11) is 0. The number of ether oxygens (including phenoxy) is 1. The van der Waals surface area contributed by atoms with Crippen LogP contribution in [0.2, 0.25) is 0 Å². The van der Waals surface area contributed by atoms with Crippen LogP contribution in [0.1, 0.15) is 11.1 Å². The van der Waals surface area contributed by atoms with Crippen molar-refractivity contribution in [2.75, 3.05) is 0 Å². The summed E-state index contributed by atoms with van der Waals surface area (Å²) in [6.45, 7) is -0.675. The van der Waals surface area contributed by atoms with E-state index < -0.39 is 6.67 Å². The van der Waals surface area contributed by atoms with Crippen LogP contribution < -0.4 is 4.74 Å². The predicted octanol–water partition coefficient (Wildman–Crippen LogP) is 3.44. The van der Waals surface area contributed by atoms with Gasteiger partial charge in [-0.25, -0.2) is 4.39 Å². The van der Waals surface area contributed by atoms with E-state index in [4.69, 9.17) is 9.84 Å². The van der Waals surface area contributed by atoms with Crippen molar-refractivity contribution in [3.05, 3.63) is 59.7 Å². The molecule has 2 nitrogen and oxygen atoms in total. The molecule has 3 heteroatoms. The van der Waals surface area contributed by atoms with Crippen molar-refractivity contribution in [1.29, 1.82) is 0 Å². The molecule has 0 amide bonds. The number of alkyl halides is 1. The minimum absolute atomic E-state index is 0.0856. The quantitative estimate of drug-likeness (QED) is 0.875. The van der Waals surface area contributed by atoms with E-state index in [-0.39, 0.29) is 6.61 Å². The zero-order valence-electron chi connectivity index (χ0n) is 9.27. The molecule has 17 heavy (non-hydrogen) atoms. The first-order valence-corrected chi connectivity index (χ1v) is 5.35. The maximum Gasteiger partial charge on any atom is 0.133 e. The predicted molar refractivity (Wildman–Crippen MR) is 63.7 cm³/mol. The Hall–Kier alpha value is -1.87. The normalized spacial score (nSPS) is 10.2. The Morgan fingerprint density at radius 1 is 1.06 bits per heavy atom. The van der Waals surface area contributed by atoms with Crippen LogP contribution >= 0.6 is 0 Å². The maximum absolute atomic E-state index is 12.8. The Kier molecular flexibility index (Phi) is 3.73. The SMILES string of the molecule is OCc1ccc(CF)c(Oc2ccccc2)c1. The fourth-order valence-corrected chi connectivity index (χ4v) is 1.52. The fourth-order valence-electron chi connectivity index (χ4n) is 1.52. The number of hydrogen-bond donors (Lipinski definition) is 1. The van der Waals surface area contributed by atoms with Gasteiger partial charge in [-0.2, -0.15) is 0 Å². The van der Waals surface area contributed by atoms with Crippen molar-refractivity contribution in [3.8, 4) is 11.5 Å². The molecule has 2 aromatic carbocycles. The third-order valence-corrected chi connectivity index (χ3v) is 2.43. The van der Waals surface area contributed by atoms with Crippen molar-refractivity contribution in [2.24, 2.45) is 0 Å². The van der Waals surface area contributed by atoms with E-state index in [0.29, 0.717) is 22.6 Å². The lowest BCUT2D eigenvalue weighted by molar-refractivity contribution is 0.281. The third-order valence-electron chi connectivity index (χ3n) is 2.43. The lowest BCUT2D eigenvalue weighted by atomic mass is 10.1. The number of halogens is 1. The van der Waals surface area contributed by atoms with Gasteiger partial charge in [0.05, 0.1) is 6.61 Å². The Morgan fingerprint density at radius 3 is 2.47 bits per heavy atom. The van der Waals surface area contributed by atoms with Gasteiger partial charge < -0.3 is 9.84 Å². The van der Waals surface area contributed by atoms with Crippen LogP contribution in [-0.2, 0) is 13.3 Å². The van der Waals surface area contributed by atoms with Crippen molar-refractivity contribution in [3.63, 3.8) is 0 Å². The first-order valence-electron chi connectivity index (χ1n) is 5.35. The van der Waals surface area contributed by atoms with Gasteiger partial charge in [0.1, 0.15) is 18.2 Å². The van der Waals surface area contributed by atoms with Crippen LogP contribution in [0.5, 0.6) is 11.5 Å². The average Bonchev–Trinajstić information content (AvgIpc) is 2.40. The summed E-state index contributed by atoms with van der Waals surface area (Å²) in [5.41, 5.74) is 1.18. The molecule has 0 aromatic heterocycles. The number of aliphatic hydroxyl groups is 1. The van der Waals surface area contributed by atoms with Gasteiger partial charge in [0.15, 0.2) is 0 Å². The molecule has 2 rings (SSSR count). The highest BCUT2D eigenvalue weighted by Crippen LogP contribution is 2.27. The van der Waals surface area contributed by atoms with Crippen molar-refractivity contribution < 1.29 is 14.2 Å². The summed E-state index contributed by atoms with van der Waals surface area (Å²) >= 11 is 0. The van der Waals surface area contributed by atoms with Crippen molar-refractivity contribution in [2.45, 2.75) is 13.3 Å². The van der Waals surface area contributed by atoms with E-state index >= 15 is 0 Å². The number of rotatable bonds is 4. The van der Waals surface area contributed by atoms with Gasteiger partial charge in [-0.1, -0.05) is 30.3 Å². The molecule has 2 aromatic rings. The molecule has 0 saturated heterocycles. The number of hydrogen-bond acceptors (Lipinski definition) is 2. The van der Waals surface area contributed by atoms with Crippen LogP contribution in [0.25, 0.3) is 0 Å². The summed E-state index contributed by atoms with van der Waals surface area (Å²) in [6.07, 6.45) is 0. The Morgan fingerprint density at radius 2 is 1.82 bits per heavy atom. The van der Waals surface area contributed by atoms with Crippen molar-refractivity contribution in [1.82, 2.24) is 0 Å². The van der Waals surface area contributed by atoms with E-state index in [1.807, 2.05) is 18.2 Å². The molecule has 88 valence electrons. The van der Waals surface area contributed by atoms with E-state index in [0.717, 1.165) is 0 Å². The van der Waals surface area contributed by atoms with E-state index in [9.17, 15) is 4.39 Å². The van der Waals surface area contributed by atoms with E-state index in [1.54, 1.807) is 30.3 Å². The molecule has 0 unspecified atom stereocenters. The molecule has 0 atom stereocenters. The number of aliphatic hydroxyl groups excluding tert-OH is 1. The second-order valence-corrected chi connectivity index (χ2v) is 3.65. The van der Waals surface area contributed by atoms with Crippen LogP contribution in [0.15, 0.2) is 48.5 Å². The topological polar surface area (TPSA) is 29.5 Å². The van der Waals surface area contributed by atoms with Crippen LogP contribution in [0.3, 0.4) is 0 Å². The van der Waals surface area contributed by atoms with Gasteiger partial charge in [-0.15, -0.1) is 0 Å². The molecule has 0 heterocycles. The van der Waals surface area contributed by atoms with Crippen molar-refractivity contribution >= 4 is 0 Å². The summed E-state index contributed by atoms with van der Waals surface area (Å²) in [4.78, 5) is 0. The Balaban J connectivity index is 2.30. The highest BCUT2D eigenvalue weighted by molar-refractivity contribution is 5.40. The second kappa shape index (κ2) is 5.46. The van der Waals surface area contributed by atoms with Gasteiger partial charge in [0.25, 0.3) is 0 Å². The molecule has 0 fully saturated rings. The summed E-state index contributed by atoms with van der Waals surface area (Å²) < 4.78 is 18.4. The lowest BCUT2D eigenvalue weighted by Gasteiger charge is -2.10. The molecular formula is C14H13FO2. The smallest absolute Gasteiger partial charge is 0.133 e. The Bertz CT molecular complexity index is 483. The minimum atomic E-state index is -0.589. The monoisotopic (exact) mass is 232 g/mol. The molecule has 0 aliphatic heterocycles. The van der Waals surface area contributed by atoms with Crippen LogP contribution in [0.4, 0.5) is 4.39 Å². The minimum Gasteiger partial charge on any atom is -0.457 e. The zero-order chi connectivity index (χ0) is 12.1. The molecular weight excluding hydrogens is 219 g/mol. The Labute approximate surface area is 99.3 Å².